The molecule has 2 unspecified atom stereocenters. The van der Waals surface area contributed by atoms with E-state index in [0.717, 1.165) is 0 Å². The molecule has 3 aromatic rings. The van der Waals surface area contributed by atoms with Crippen LogP contribution in [-0.2, 0) is 20.4 Å². The zero-order valence-corrected chi connectivity index (χ0v) is 21.2. The molecule has 38 heavy (non-hydrogen) atoms. The molecule has 1 aromatic carbocycles. The number of hydrogen-bond donors (Lipinski definition) is 1. The van der Waals surface area contributed by atoms with Crippen LogP contribution in [0.1, 0.15) is 42.4 Å². The van der Waals surface area contributed by atoms with Gasteiger partial charge in [-0.2, -0.15) is 8.78 Å². The molecule has 0 bridgehead atoms. The van der Waals surface area contributed by atoms with Gasteiger partial charge in [0, 0.05) is 23.7 Å². The van der Waals surface area contributed by atoms with Crippen molar-refractivity contribution in [3.05, 3.63) is 66.0 Å². The predicted octanol–water partition coefficient (Wildman–Crippen LogP) is 3.63. The van der Waals surface area contributed by atoms with E-state index < -0.39 is 51.7 Å². The van der Waals surface area contributed by atoms with Gasteiger partial charge in [-0.1, -0.05) is 38.0 Å². The third kappa shape index (κ3) is 8.11. The number of carbonyl (C=O) groups is 2. The summed E-state index contributed by atoms with van der Waals surface area (Å²) in [4.78, 5) is 29.7. The summed E-state index contributed by atoms with van der Waals surface area (Å²) in [5.74, 6) is -3.89. The van der Waals surface area contributed by atoms with Gasteiger partial charge in [0.2, 0.25) is 17.6 Å². The number of ether oxygens (including phenoxy) is 1. The van der Waals surface area contributed by atoms with Crippen LogP contribution in [0.15, 0.2) is 53.2 Å². The number of benzene rings is 1. The van der Waals surface area contributed by atoms with Crippen LogP contribution in [-0.4, -0.2) is 59.7 Å². The number of nitrogens with zero attached hydrogens (tertiary/aromatic N) is 3. The lowest BCUT2D eigenvalue weighted by Gasteiger charge is -2.23. The quantitative estimate of drug-likeness (QED) is 0.295. The highest BCUT2D eigenvalue weighted by Gasteiger charge is 2.28. The Kier molecular flexibility index (Phi) is 9.96. The second-order valence-corrected chi connectivity index (χ2v) is 10.4. The lowest BCUT2D eigenvalue weighted by molar-refractivity contribution is -0.121. The van der Waals surface area contributed by atoms with Crippen molar-refractivity contribution in [2.75, 3.05) is 5.75 Å². The standard InChI is InChI=1S/C24H26F2N5O6S/c1-2-3-9-18(20(32)23-31-30-22(37-23)15-8-6-11-28-12-15)29-21(33)17(27)14-38(34,35)13-16-7-4-5-10-19(16)36-24(25)26/h4-8,10-12,17-18,24,27H,2-3,9,13-14H2,1H3,(H,29,33)/q-1. The van der Waals surface area contributed by atoms with Gasteiger partial charge in [0.15, 0.2) is 9.84 Å². The molecule has 3 rings (SSSR count). The summed E-state index contributed by atoms with van der Waals surface area (Å²) in [5.41, 5.74) is 8.55. The van der Waals surface area contributed by atoms with Gasteiger partial charge in [0.05, 0.1) is 17.4 Å². The summed E-state index contributed by atoms with van der Waals surface area (Å²) >= 11 is 0. The predicted molar refractivity (Wildman–Crippen MR) is 132 cm³/mol. The van der Waals surface area contributed by atoms with E-state index in [1.807, 2.05) is 6.92 Å². The number of amides is 1. The fraction of sp³-hybridized carbons (Fsp3) is 0.375. The average Bonchev–Trinajstić information content (AvgIpc) is 3.37. The topological polar surface area (TPSA) is 165 Å². The number of rotatable bonds is 14. The van der Waals surface area contributed by atoms with E-state index in [-0.39, 0.29) is 29.5 Å². The Morgan fingerprint density at radius 1 is 1.16 bits per heavy atom. The number of para-hydroxylation sites is 1. The number of carbonyl (C=O) groups excluding carboxylic acids is 2. The van der Waals surface area contributed by atoms with Gasteiger partial charge in [-0.05, 0) is 30.7 Å². The van der Waals surface area contributed by atoms with Crippen molar-refractivity contribution < 1.29 is 35.9 Å². The number of pyridine rings is 1. The molecule has 2 N–H and O–H groups in total. The van der Waals surface area contributed by atoms with Crippen LogP contribution in [0.4, 0.5) is 8.78 Å². The van der Waals surface area contributed by atoms with Crippen molar-refractivity contribution >= 4 is 21.5 Å². The Hall–Kier alpha value is -3.78. The van der Waals surface area contributed by atoms with Gasteiger partial charge in [0.25, 0.3) is 5.89 Å². The molecule has 0 spiro atoms. The van der Waals surface area contributed by atoms with Crippen LogP contribution >= 0.6 is 0 Å². The molecule has 0 fully saturated rings. The molecule has 0 saturated heterocycles. The normalized spacial score (nSPS) is 13.2. The summed E-state index contributed by atoms with van der Waals surface area (Å²) in [6.07, 6.45) is 4.46. The summed E-state index contributed by atoms with van der Waals surface area (Å²) in [6, 6.07) is 5.77. The molecule has 0 radical (unpaired) electrons. The summed E-state index contributed by atoms with van der Waals surface area (Å²) in [6.45, 7) is -1.27. The number of aromatic nitrogens is 3. The largest absolute Gasteiger partial charge is 0.666 e. The maximum atomic E-state index is 13.0. The van der Waals surface area contributed by atoms with Crippen molar-refractivity contribution in [2.24, 2.45) is 0 Å². The molecule has 1 amide bonds. The highest BCUT2D eigenvalue weighted by molar-refractivity contribution is 7.90. The van der Waals surface area contributed by atoms with Crippen LogP contribution in [0.25, 0.3) is 17.2 Å². The SMILES string of the molecule is CCCCC(NC(=O)C([NH-])CS(=O)(=O)Cc1ccccc1OC(F)F)C(=O)c1nnc(-c2cccnc2)o1. The van der Waals surface area contributed by atoms with Gasteiger partial charge in [-0.15, -0.1) is 10.2 Å². The van der Waals surface area contributed by atoms with Gasteiger partial charge in [0.1, 0.15) is 5.75 Å². The first-order valence-electron chi connectivity index (χ1n) is 11.6. The first-order valence-corrected chi connectivity index (χ1v) is 13.4. The minimum Gasteiger partial charge on any atom is -0.666 e. The molecule has 0 aliphatic rings. The van der Waals surface area contributed by atoms with Crippen LogP contribution < -0.4 is 10.1 Å². The van der Waals surface area contributed by atoms with Crippen LogP contribution in [0.2, 0.25) is 0 Å². The molecule has 11 nitrogen and oxygen atoms in total. The third-order valence-corrected chi connectivity index (χ3v) is 6.92. The Balaban J connectivity index is 1.68. The Bertz CT molecular complexity index is 1340. The van der Waals surface area contributed by atoms with Crippen LogP contribution in [0, 0.1) is 0 Å². The van der Waals surface area contributed by atoms with Crippen molar-refractivity contribution in [3.8, 4) is 17.2 Å². The maximum Gasteiger partial charge on any atom is 0.387 e. The zero-order chi connectivity index (χ0) is 27.7. The summed E-state index contributed by atoms with van der Waals surface area (Å²) < 4.78 is 60.4. The van der Waals surface area contributed by atoms with E-state index >= 15 is 0 Å². The van der Waals surface area contributed by atoms with Crippen molar-refractivity contribution in [1.29, 1.82) is 0 Å². The number of unbranched alkanes of at least 4 members (excludes halogenated alkanes) is 1. The minimum atomic E-state index is -4.09. The monoisotopic (exact) mass is 550 g/mol. The number of hydrogen-bond acceptors (Lipinski definition) is 9. The van der Waals surface area contributed by atoms with E-state index in [2.05, 4.69) is 25.2 Å². The number of alkyl halides is 2. The number of sulfone groups is 1. The van der Waals surface area contributed by atoms with Crippen molar-refractivity contribution in [2.45, 2.75) is 50.6 Å². The molecule has 0 saturated carbocycles. The van der Waals surface area contributed by atoms with E-state index in [4.69, 9.17) is 10.2 Å². The summed E-state index contributed by atoms with van der Waals surface area (Å²) in [5, 5.41) is 10.0. The molecule has 0 aliphatic heterocycles. The van der Waals surface area contributed by atoms with Crippen LogP contribution in [0.3, 0.4) is 0 Å². The number of Topliss-reactive ketones (excluding diaryl/α,β-unsaturated/α-hetero) is 1. The third-order valence-electron chi connectivity index (χ3n) is 5.32. The second kappa shape index (κ2) is 13.1. The second-order valence-electron chi connectivity index (χ2n) is 8.32. The fourth-order valence-corrected chi connectivity index (χ4v) is 4.98. The number of halogens is 2. The minimum absolute atomic E-state index is 0.0303. The maximum absolute atomic E-state index is 13.0. The van der Waals surface area contributed by atoms with Crippen molar-refractivity contribution in [3.63, 3.8) is 0 Å². The van der Waals surface area contributed by atoms with Gasteiger partial charge < -0.3 is 20.2 Å². The first kappa shape index (κ1) is 28.8. The molecule has 2 heterocycles. The van der Waals surface area contributed by atoms with E-state index in [9.17, 15) is 26.8 Å². The van der Waals surface area contributed by atoms with Gasteiger partial charge in [-0.25, -0.2) is 8.42 Å². The Morgan fingerprint density at radius 3 is 2.61 bits per heavy atom. The Labute approximate surface area is 217 Å². The van der Waals surface area contributed by atoms with E-state index in [0.29, 0.717) is 18.4 Å². The highest BCUT2D eigenvalue weighted by atomic mass is 32.2. The van der Waals surface area contributed by atoms with Gasteiger partial charge >= 0.3 is 6.61 Å². The number of ketones is 1. The smallest absolute Gasteiger partial charge is 0.387 e. The summed E-state index contributed by atoms with van der Waals surface area (Å²) in [7, 11) is -4.09. The molecular formula is C24H26F2N5O6S-. The Morgan fingerprint density at radius 2 is 1.92 bits per heavy atom. The molecule has 0 aliphatic carbocycles. The zero-order valence-electron chi connectivity index (χ0n) is 20.3. The molecule has 204 valence electrons. The van der Waals surface area contributed by atoms with Crippen molar-refractivity contribution in [1.82, 2.24) is 20.5 Å². The van der Waals surface area contributed by atoms with Gasteiger partial charge in [-0.3, -0.25) is 14.6 Å². The van der Waals surface area contributed by atoms with E-state index in [1.165, 1.54) is 30.5 Å². The van der Waals surface area contributed by atoms with Crippen LogP contribution in [0.5, 0.6) is 5.75 Å². The molecule has 14 heteroatoms. The van der Waals surface area contributed by atoms with E-state index in [1.54, 1.807) is 18.3 Å². The molecular weight excluding hydrogens is 524 g/mol. The number of nitrogens with one attached hydrogen (secondary N) is 2. The molecule has 2 atom stereocenters. The highest BCUT2D eigenvalue weighted by Crippen LogP contribution is 2.23. The average molecular weight is 551 g/mol. The lowest BCUT2D eigenvalue weighted by atomic mass is 10.0. The first-order chi connectivity index (χ1) is 18.1. The molecule has 2 aromatic heterocycles. The lowest BCUT2D eigenvalue weighted by Crippen LogP contribution is -2.46. The fourth-order valence-electron chi connectivity index (χ4n) is 3.49.